The summed E-state index contributed by atoms with van der Waals surface area (Å²) < 4.78 is 21.6. The summed E-state index contributed by atoms with van der Waals surface area (Å²) in [6, 6.07) is 10.4. The maximum atomic E-state index is 12.6. The Kier molecular flexibility index (Phi) is 8.10. The third-order valence-corrected chi connectivity index (χ3v) is 5.09. The van der Waals surface area contributed by atoms with Crippen LogP contribution in [0.5, 0.6) is 17.2 Å². The summed E-state index contributed by atoms with van der Waals surface area (Å²) >= 11 is 0. The Labute approximate surface area is 187 Å². The molecule has 1 aliphatic heterocycles. The van der Waals surface area contributed by atoms with Crippen LogP contribution >= 0.6 is 0 Å². The van der Waals surface area contributed by atoms with Gasteiger partial charge in [-0.1, -0.05) is 12.1 Å². The van der Waals surface area contributed by atoms with E-state index < -0.39 is 0 Å². The summed E-state index contributed by atoms with van der Waals surface area (Å²) in [5.41, 5.74) is 1.45. The Balaban J connectivity index is 1.70. The number of nitrogens with one attached hydrogen (secondary N) is 2. The van der Waals surface area contributed by atoms with Crippen LogP contribution in [0.1, 0.15) is 28.8 Å². The summed E-state index contributed by atoms with van der Waals surface area (Å²) in [7, 11) is 4.57. The van der Waals surface area contributed by atoms with Gasteiger partial charge >= 0.3 is 0 Å². The van der Waals surface area contributed by atoms with Gasteiger partial charge in [0.15, 0.2) is 11.5 Å². The smallest absolute Gasteiger partial charge is 0.253 e. The van der Waals surface area contributed by atoms with Crippen molar-refractivity contribution in [2.45, 2.75) is 18.9 Å². The molecular weight excluding hydrogens is 412 g/mol. The first-order valence-corrected chi connectivity index (χ1v) is 10.3. The Morgan fingerprint density at radius 2 is 1.84 bits per heavy atom. The summed E-state index contributed by atoms with van der Waals surface area (Å²) in [6.45, 7) is 1.17. The molecule has 1 fully saturated rings. The molecule has 0 radical (unpaired) electrons. The monoisotopic (exact) mass is 440 g/mol. The molecule has 1 saturated heterocycles. The predicted molar refractivity (Wildman–Crippen MR) is 122 cm³/mol. The van der Waals surface area contributed by atoms with Crippen molar-refractivity contribution in [2.75, 3.05) is 39.8 Å². The maximum Gasteiger partial charge on any atom is 0.253 e. The Morgan fingerprint density at radius 3 is 2.53 bits per heavy atom. The first-order valence-electron chi connectivity index (χ1n) is 10.3. The highest BCUT2D eigenvalue weighted by Gasteiger charge is 2.18. The molecule has 0 saturated carbocycles. The van der Waals surface area contributed by atoms with E-state index in [-0.39, 0.29) is 17.9 Å². The molecule has 0 aliphatic carbocycles. The fraction of sp³-hybridized carbons (Fsp3) is 0.333. The molecule has 0 unspecified atom stereocenters. The number of methoxy groups -OCH3 is 3. The molecule has 170 valence electrons. The largest absolute Gasteiger partial charge is 0.493 e. The van der Waals surface area contributed by atoms with E-state index in [1.165, 1.54) is 27.4 Å². The second-order valence-corrected chi connectivity index (χ2v) is 7.14. The minimum Gasteiger partial charge on any atom is -0.493 e. The Hall–Kier alpha value is -3.52. The first kappa shape index (κ1) is 23.1. The lowest BCUT2D eigenvalue weighted by Gasteiger charge is -2.14. The lowest BCUT2D eigenvalue weighted by atomic mass is 10.1. The van der Waals surface area contributed by atoms with Crippen LogP contribution in [0.15, 0.2) is 42.5 Å². The number of carbonyl (C=O) groups excluding carboxylic acids is 2. The Bertz CT molecular complexity index is 982. The number of benzene rings is 2. The van der Waals surface area contributed by atoms with E-state index in [0.717, 1.165) is 19.4 Å². The maximum absolute atomic E-state index is 12.6. The number of ether oxygens (including phenoxy) is 4. The SMILES string of the molecule is COc1ccc(/C=C/C(=O)Nc2ccccc2C(=O)NC[C@@H]2CCCO2)c(OC)c1OC. The molecule has 8 heteroatoms. The molecule has 1 atom stereocenters. The van der Waals surface area contributed by atoms with Gasteiger partial charge in [0.05, 0.1) is 38.7 Å². The van der Waals surface area contributed by atoms with Gasteiger partial charge in [0.25, 0.3) is 5.91 Å². The highest BCUT2D eigenvalue weighted by atomic mass is 16.5. The van der Waals surface area contributed by atoms with Gasteiger partial charge in [-0.25, -0.2) is 0 Å². The zero-order chi connectivity index (χ0) is 22.9. The fourth-order valence-corrected chi connectivity index (χ4v) is 3.49. The topological polar surface area (TPSA) is 95.1 Å². The van der Waals surface area contributed by atoms with Crippen molar-refractivity contribution in [3.05, 3.63) is 53.6 Å². The number of anilines is 1. The average Bonchev–Trinajstić information content (AvgIpc) is 3.34. The lowest BCUT2D eigenvalue weighted by Crippen LogP contribution is -2.32. The van der Waals surface area contributed by atoms with Crippen LogP contribution in [0.4, 0.5) is 5.69 Å². The number of rotatable bonds is 9. The van der Waals surface area contributed by atoms with Crippen molar-refractivity contribution >= 4 is 23.6 Å². The normalized spacial score (nSPS) is 15.4. The van der Waals surface area contributed by atoms with E-state index >= 15 is 0 Å². The quantitative estimate of drug-likeness (QED) is 0.581. The van der Waals surface area contributed by atoms with Gasteiger partial charge in [0.2, 0.25) is 11.7 Å². The number of carbonyl (C=O) groups is 2. The first-order chi connectivity index (χ1) is 15.6. The van der Waals surface area contributed by atoms with E-state index in [1.807, 2.05) is 0 Å². The molecule has 2 N–H and O–H groups in total. The second kappa shape index (κ2) is 11.2. The van der Waals surface area contributed by atoms with Crippen LogP contribution in [-0.4, -0.2) is 52.4 Å². The average molecular weight is 440 g/mol. The molecule has 8 nitrogen and oxygen atoms in total. The molecule has 2 amide bonds. The number of amides is 2. The molecule has 0 spiro atoms. The van der Waals surface area contributed by atoms with E-state index in [0.29, 0.717) is 40.6 Å². The summed E-state index contributed by atoms with van der Waals surface area (Å²) in [5.74, 6) is 0.757. The summed E-state index contributed by atoms with van der Waals surface area (Å²) in [5, 5.41) is 5.64. The lowest BCUT2D eigenvalue weighted by molar-refractivity contribution is -0.111. The molecule has 32 heavy (non-hydrogen) atoms. The van der Waals surface area contributed by atoms with Crippen molar-refractivity contribution in [3.8, 4) is 17.2 Å². The van der Waals surface area contributed by atoms with Gasteiger partial charge in [-0.2, -0.15) is 0 Å². The molecule has 1 aliphatic rings. The molecule has 3 rings (SSSR count). The molecule has 2 aromatic rings. The van der Waals surface area contributed by atoms with Crippen LogP contribution in [0.2, 0.25) is 0 Å². The summed E-state index contributed by atoms with van der Waals surface area (Å²) in [6.07, 6.45) is 4.95. The minimum absolute atomic E-state index is 0.0418. The van der Waals surface area contributed by atoms with Crippen molar-refractivity contribution < 1.29 is 28.5 Å². The van der Waals surface area contributed by atoms with E-state index in [2.05, 4.69) is 10.6 Å². The van der Waals surface area contributed by atoms with Gasteiger partial charge in [-0.3, -0.25) is 9.59 Å². The number of para-hydroxylation sites is 1. The van der Waals surface area contributed by atoms with Crippen LogP contribution in [0, 0.1) is 0 Å². The van der Waals surface area contributed by atoms with E-state index in [1.54, 1.807) is 42.5 Å². The van der Waals surface area contributed by atoms with Crippen molar-refractivity contribution in [1.29, 1.82) is 0 Å². The predicted octanol–water partition coefficient (Wildman–Crippen LogP) is 3.27. The van der Waals surface area contributed by atoms with Crippen molar-refractivity contribution in [1.82, 2.24) is 5.32 Å². The second-order valence-electron chi connectivity index (χ2n) is 7.14. The molecule has 0 aromatic heterocycles. The van der Waals surface area contributed by atoms with E-state index in [4.69, 9.17) is 18.9 Å². The van der Waals surface area contributed by atoms with Gasteiger partial charge < -0.3 is 29.6 Å². The zero-order valence-corrected chi connectivity index (χ0v) is 18.5. The van der Waals surface area contributed by atoms with Crippen molar-refractivity contribution in [3.63, 3.8) is 0 Å². The molecule has 2 aromatic carbocycles. The molecule has 1 heterocycles. The standard InChI is InChI=1S/C24H28N2O6/c1-29-20-12-10-16(22(30-2)23(20)31-3)11-13-21(27)26-19-9-5-4-8-18(19)24(28)25-15-17-7-6-14-32-17/h4-5,8-13,17H,6-7,14-15H2,1-3H3,(H,25,28)(H,26,27)/b13-11+/t17-/m0/s1. The highest BCUT2D eigenvalue weighted by molar-refractivity contribution is 6.07. The van der Waals surface area contributed by atoms with Gasteiger partial charge in [0.1, 0.15) is 0 Å². The van der Waals surface area contributed by atoms with Crippen LogP contribution in [-0.2, 0) is 9.53 Å². The van der Waals surface area contributed by atoms with Crippen LogP contribution in [0.25, 0.3) is 6.08 Å². The Morgan fingerprint density at radius 1 is 1.06 bits per heavy atom. The third-order valence-electron chi connectivity index (χ3n) is 5.09. The highest BCUT2D eigenvalue weighted by Crippen LogP contribution is 2.40. The van der Waals surface area contributed by atoms with Crippen LogP contribution in [0.3, 0.4) is 0 Å². The molecular formula is C24H28N2O6. The minimum atomic E-state index is -0.388. The van der Waals surface area contributed by atoms with Crippen LogP contribution < -0.4 is 24.8 Å². The fourth-order valence-electron chi connectivity index (χ4n) is 3.49. The van der Waals surface area contributed by atoms with Gasteiger partial charge in [-0.15, -0.1) is 0 Å². The summed E-state index contributed by atoms with van der Waals surface area (Å²) in [4.78, 5) is 25.2. The molecule has 0 bridgehead atoms. The zero-order valence-electron chi connectivity index (χ0n) is 18.5. The van der Waals surface area contributed by atoms with E-state index in [9.17, 15) is 9.59 Å². The van der Waals surface area contributed by atoms with Gasteiger partial charge in [0, 0.05) is 24.8 Å². The number of hydrogen-bond donors (Lipinski definition) is 2. The van der Waals surface area contributed by atoms with Gasteiger partial charge in [-0.05, 0) is 43.2 Å². The third kappa shape index (κ3) is 5.59. The number of hydrogen-bond acceptors (Lipinski definition) is 6. The van der Waals surface area contributed by atoms with Crippen molar-refractivity contribution in [2.24, 2.45) is 0 Å².